The number of benzene rings is 3. The van der Waals surface area contributed by atoms with Crippen LogP contribution >= 0.6 is 11.6 Å². The van der Waals surface area contributed by atoms with Gasteiger partial charge in [0.2, 0.25) is 0 Å². The number of carbonyl (C=O) groups excluding carboxylic acids is 2. The molecule has 0 saturated carbocycles. The molecule has 1 heterocycles. The fourth-order valence-corrected chi connectivity index (χ4v) is 3.71. The Labute approximate surface area is 162 Å². The zero-order valence-corrected chi connectivity index (χ0v) is 15.4. The third-order valence-corrected chi connectivity index (χ3v) is 5.12. The number of H-pyrrole nitrogens is 1. The smallest absolute Gasteiger partial charge is 0.173 e. The maximum atomic E-state index is 12.9. The molecule has 4 heteroatoms. The van der Waals surface area contributed by atoms with Gasteiger partial charge in [-0.25, -0.2) is 0 Å². The molecular formula is C23H18ClNO2. The Morgan fingerprint density at radius 1 is 0.852 bits per heavy atom. The van der Waals surface area contributed by atoms with Crippen molar-refractivity contribution in [1.29, 1.82) is 0 Å². The van der Waals surface area contributed by atoms with Gasteiger partial charge >= 0.3 is 0 Å². The Morgan fingerprint density at radius 2 is 1.59 bits per heavy atom. The van der Waals surface area contributed by atoms with E-state index < -0.39 is 0 Å². The number of nitrogens with one attached hydrogen (secondary N) is 1. The molecule has 1 N–H and O–H groups in total. The van der Waals surface area contributed by atoms with Crippen molar-refractivity contribution in [2.75, 3.05) is 0 Å². The highest BCUT2D eigenvalue weighted by molar-refractivity contribution is 6.37. The molecule has 1 aromatic heterocycles. The third kappa shape index (κ3) is 3.51. The van der Waals surface area contributed by atoms with Crippen LogP contribution in [0.5, 0.6) is 0 Å². The maximum Gasteiger partial charge on any atom is 0.173 e. The lowest BCUT2D eigenvalue weighted by Crippen LogP contribution is -2.10. The van der Waals surface area contributed by atoms with E-state index >= 15 is 0 Å². The first-order chi connectivity index (χ1) is 13.1. The van der Waals surface area contributed by atoms with Crippen LogP contribution in [0.15, 0.2) is 66.7 Å². The molecule has 0 aliphatic rings. The molecule has 134 valence electrons. The monoisotopic (exact) mass is 375 g/mol. The molecule has 3 aromatic carbocycles. The largest absolute Gasteiger partial charge is 0.354 e. The molecule has 0 radical (unpaired) electrons. The summed E-state index contributed by atoms with van der Waals surface area (Å²) in [6.45, 7) is 0. The van der Waals surface area contributed by atoms with Crippen LogP contribution in [0, 0.1) is 0 Å². The number of hydrogen-bond acceptors (Lipinski definition) is 2. The first-order valence-electron chi connectivity index (χ1n) is 8.91. The molecule has 0 bridgehead atoms. The Hall–Kier alpha value is -2.91. The van der Waals surface area contributed by atoms with Crippen LogP contribution in [0.4, 0.5) is 0 Å². The second-order valence-electron chi connectivity index (χ2n) is 6.64. The van der Waals surface area contributed by atoms with Gasteiger partial charge in [0.05, 0.1) is 22.5 Å². The zero-order chi connectivity index (χ0) is 18.8. The van der Waals surface area contributed by atoms with Gasteiger partial charge in [0.15, 0.2) is 5.78 Å². The quantitative estimate of drug-likeness (QED) is 0.344. The fourth-order valence-electron chi connectivity index (χ4n) is 3.45. The van der Waals surface area contributed by atoms with Crippen LogP contribution in [-0.4, -0.2) is 16.6 Å². The summed E-state index contributed by atoms with van der Waals surface area (Å²) >= 11 is 6.33. The molecule has 0 amide bonds. The molecule has 0 fully saturated rings. The van der Waals surface area contributed by atoms with Gasteiger partial charge in [-0.15, -0.1) is 0 Å². The summed E-state index contributed by atoms with van der Waals surface area (Å²) in [5.74, 6) is -0.316. The molecule has 3 nitrogen and oxygen atoms in total. The van der Waals surface area contributed by atoms with Gasteiger partial charge in [0.1, 0.15) is 5.78 Å². The average molecular weight is 376 g/mol. The van der Waals surface area contributed by atoms with Gasteiger partial charge in [-0.1, -0.05) is 66.2 Å². The van der Waals surface area contributed by atoms with Crippen LogP contribution in [-0.2, 0) is 11.2 Å². The highest BCUT2D eigenvalue weighted by atomic mass is 35.5. The summed E-state index contributed by atoms with van der Waals surface area (Å²) in [5.41, 5.74) is 3.14. The normalized spacial score (nSPS) is 11.1. The van der Waals surface area contributed by atoms with Gasteiger partial charge in [-0.3, -0.25) is 9.59 Å². The molecular weight excluding hydrogens is 358 g/mol. The Bertz CT molecular complexity index is 1150. The number of ketones is 2. The summed E-state index contributed by atoms with van der Waals surface area (Å²) in [6, 6.07) is 21.3. The van der Waals surface area contributed by atoms with Gasteiger partial charge < -0.3 is 4.98 Å². The van der Waals surface area contributed by atoms with Crippen LogP contribution in [0.2, 0.25) is 5.02 Å². The van der Waals surface area contributed by atoms with E-state index in [-0.39, 0.29) is 18.0 Å². The summed E-state index contributed by atoms with van der Waals surface area (Å²) in [4.78, 5) is 28.5. The lowest BCUT2D eigenvalue weighted by molar-refractivity contribution is -0.118. The molecule has 0 saturated heterocycles. The maximum absolute atomic E-state index is 12.9. The number of aromatic nitrogens is 1. The molecule has 0 atom stereocenters. The third-order valence-electron chi connectivity index (χ3n) is 4.80. The van der Waals surface area contributed by atoms with Crippen molar-refractivity contribution < 1.29 is 9.59 Å². The second kappa shape index (κ2) is 7.37. The Balaban J connectivity index is 1.58. The number of hydrogen-bond donors (Lipinski definition) is 1. The molecule has 0 spiro atoms. The van der Waals surface area contributed by atoms with Gasteiger partial charge in [0, 0.05) is 22.7 Å². The number of aryl methyl sites for hydroxylation is 1. The molecule has 0 aliphatic carbocycles. The van der Waals surface area contributed by atoms with Crippen molar-refractivity contribution >= 4 is 45.0 Å². The first kappa shape index (κ1) is 17.5. The molecule has 4 aromatic rings. The number of fused-ring (bicyclic) bond motifs is 3. The van der Waals surface area contributed by atoms with E-state index in [1.807, 2.05) is 60.7 Å². The van der Waals surface area contributed by atoms with Crippen molar-refractivity contribution in [3.63, 3.8) is 0 Å². The van der Waals surface area contributed by atoms with Gasteiger partial charge in [-0.05, 0) is 24.1 Å². The number of halogens is 1. The highest BCUT2D eigenvalue weighted by Crippen LogP contribution is 2.32. The fraction of sp³-hybridized carbons (Fsp3) is 0.130. The topological polar surface area (TPSA) is 49.9 Å². The second-order valence-corrected chi connectivity index (χ2v) is 7.05. The van der Waals surface area contributed by atoms with Crippen LogP contribution < -0.4 is 0 Å². The number of Topliss-reactive ketones (excluding diaryl/α,β-unsaturated/α-hetero) is 2. The van der Waals surface area contributed by atoms with E-state index in [0.717, 1.165) is 21.9 Å². The summed E-state index contributed by atoms with van der Waals surface area (Å²) < 4.78 is 0. The minimum absolute atomic E-state index is 0.0759. The van der Waals surface area contributed by atoms with Crippen molar-refractivity contribution in [1.82, 2.24) is 4.98 Å². The van der Waals surface area contributed by atoms with E-state index in [4.69, 9.17) is 11.6 Å². The van der Waals surface area contributed by atoms with E-state index in [1.165, 1.54) is 0 Å². The van der Waals surface area contributed by atoms with Gasteiger partial charge in [-0.2, -0.15) is 0 Å². The summed E-state index contributed by atoms with van der Waals surface area (Å²) in [5, 5.41) is 2.35. The van der Waals surface area contributed by atoms with E-state index in [2.05, 4.69) is 4.98 Å². The Kier molecular flexibility index (Phi) is 4.78. The average Bonchev–Trinajstić information content (AvgIpc) is 3.05. The van der Waals surface area contributed by atoms with E-state index in [9.17, 15) is 9.59 Å². The van der Waals surface area contributed by atoms with Gasteiger partial charge in [0.25, 0.3) is 0 Å². The minimum atomic E-state index is -0.241. The number of rotatable bonds is 6. The SMILES string of the molecule is O=C(CCc1ccccc1)CC(=O)c1c(Cl)ccc2c1[nH]c1ccccc12. The van der Waals surface area contributed by atoms with Crippen LogP contribution in [0.25, 0.3) is 21.8 Å². The summed E-state index contributed by atoms with van der Waals surface area (Å²) in [7, 11) is 0. The minimum Gasteiger partial charge on any atom is -0.354 e. The first-order valence-corrected chi connectivity index (χ1v) is 9.29. The van der Waals surface area contributed by atoms with Crippen molar-refractivity contribution in [3.05, 3.63) is 82.9 Å². The standard InChI is InChI=1S/C23H18ClNO2/c24-19-13-12-18-17-8-4-5-9-20(17)25-23(18)22(19)21(27)14-16(26)11-10-15-6-2-1-3-7-15/h1-9,12-13,25H,10-11,14H2. The predicted octanol–water partition coefficient (Wildman–Crippen LogP) is 5.75. The molecule has 4 rings (SSSR count). The van der Waals surface area contributed by atoms with Crippen molar-refractivity contribution in [2.45, 2.75) is 19.3 Å². The zero-order valence-electron chi connectivity index (χ0n) is 14.7. The molecule has 0 aliphatic heterocycles. The number of para-hydroxylation sites is 1. The lowest BCUT2D eigenvalue weighted by Gasteiger charge is -2.06. The van der Waals surface area contributed by atoms with E-state index in [0.29, 0.717) is 28.9 Å². The van der Waals surface area contributed by atoms with Crippen LogP contribution in [0.1, 0.15) is 28.8 Å². The molecule has 27 heavy (non-hydrogen) atoms. The number of aromatic amines is 1. The molecule has 0 unspecified atom stereocenters. The number of carbonyl (C=O) groups is 2. The van der Waals surface area contributed by atoms with Crippen LogP contribution in [0.3, 0.4) is 0 Å². The van der Waals surface area contributed by atoms with Crippen molar-refractivity contribution in [2.24, 2.45) is 0 Å². The lowest BCUT2D eigenvalue weighted by atomic mass is 9.99. The Morgan fingerprint density at radius 3 is 2.41 bits per heavy atom. The highest BCUT2D eigenvalue weighted by Gasteiger charge is 2.20. The van der Waals surface area contributed by atoms with Crippen molar-refractivity contribution in [3.8, 4) is 0 Å². The van der Waals surface area contributed by atoms with E-state index in [1.54, 1.807) is 6.07 Å². The predicted molar refractivity (Wildman–Crippen MR) is 110 cm³/mol. The summed E-state index contributed by atoms with van der Waals surface area (Å²) in [6.07, 6.45) is 0.842.